The minimum absolute atomic E-state index is 0.155. The molecular weight excluding hydrogens is 374 g/mol. The van der Waals surface area contributed by atoms with E-state index in [2.05, 4.69) is 10.3 Å². The molecule has 0 unspecified atom stereocenters. The van der Waals surface area contributed by atoms with Crippen molar-refractivity contribution in [1.29, 1.82) is 0 Å². The molecule has 150 valence electrons. The van der Waals surface area contributed by atoms with Gasteiger partial charge in [0.05, 0.1) is 30.3 Å². The Hall–Kier alpha value is -3.75. The van der Waals surface area contributed by atoms with Crippen LogP contribution in [0.5, 0.6) is 11.6 Å². The highest BCUT2D eigenvalue weighted by Crippen LogP contribution is 2.17. The molecule has 9 heteroatoms. The van der Waals surface area contributed by atoms with Crippen molar-refractivity contribution in [2.75, 3.05) is 0 Å². The summed E-state index contributed by atoms with van der Waals surface area (Å²) in [7, 11) is 0. The maximum absolute atomic E-state index is 12.8. The minimum Gasteiger partial charge on any atom is -0.508 e. The molecule has 0 spiro atoms. The fourth-order valence-electron chi connectivity index (χ4n) is 3.24. The number of rotatable bonds is 6. The number of phenols is 1. The smallest absolute Gasteiger partial charge is 0.335 e. The molecule has 0 aliphatic carbocycles. The molecule has 29 heavy (non-hydrogen) atoms. The van der Waals surface area contributed by atoms with E-state index in [0.717, 1.165) is 22.6 Å². The first-order valence-electron chi connectivity index (χ1n) is 9.16. The van der Waals surface area contributed by atoms with E-state index in [0.29, 0.717) is 25.2 Å². The molecule has 9 nitrogen and oxygen atoms in total. The summed E-state index contributed by atoms with van der Waals surface area (Å²) in [6.45, 7) is 4.56. The summed E-state index contributed by atoms with van der Waals surface area (Å²) in [5.74, 6) is 0.765. The van der Waals surface area contributed by atoms with Crippen LogP contribution >= 0.6 is 0 Å². The normalized spacial score (nSPS) is 11.2. The predicted octanol–water partition coefficient (Wildman–Crippen LogP) is 2.14. The van der Waals surface area contributed by atoms with E-state index < -0.39 is 0 Å². The van der Waals surface area contributed by atoms with E-state index >= 15 is 0 Å². The highest BCUT2D eigenvalue weighted by Gasteiger charge is 2.15. The molecule has 3 aromatic heterocycles. The number of hydrogen-bond acceptors (Lipinski definition) is 6. The molecule has 0 saturated carbocycles. The number of phenolic OH excluding ortho intramolecular Hbond substituents is 1. The standard InChI is InChI=1S/C20H21N5O4/c1-13-18(14(2)29-22-13)11-24-10-16(9-21-24)25-19(27)12-23(20(25)28)8-7-15-3-5-17(26)6-4-15/h3-6,9-10,12,26-27H,7-8,11H2,1-2H3. The summed E-state index contributed by atoms with van der Waals surface area (Å²) >= 11 is 0. The molecule has 0 bridgehead atoms. The lowest BCUT2D eigenvalue weighted by Gasteiger charge is -2.02. The Kier molecular flexibility index (Phi) is 4.71. The Morgan fingerprint density at radius 2 is 1.86 bits per heavy atom. The molecule has 2 N–H and O–H groups in total. The molecule has 0 radical (unpaired) electrons. The maximum atomic E-state index is 12.8. The van der Waals surface area contributed by atoms with Gasteiger partial charge >= 0.3 is 5.69 Å². The fourth-order valence-corrected chi connectivity index (χ4v) is 3.24. The Balaban J connectivity index is 1.54. The number of hydrogen-bond donors (Lipinski definition) is 2. The summed E-state index contributed by atoms with van der Waals surface area (Å²) in [6, 6.07) is 6.81. The third-order valence-electron chi connectivity index (χ3n) is 4.89. The summed E-state index contributed by atoms with van der Waals surface area (Å²) < 4.78 is 9.50. The van der Waals surface area contributed by atoms with E-state index in [4.69, 9.17) is 4.52 Å². The van der Waals surface area contributed by atoms with Crippen molar-refractivity contribution >= 4 is 0 Å². The summed E-state index contributed by atoms with van der Waals surface area (Å²) in [6.07, 6.45) is 5.23. The van der Waals surface area contributed by atoms with E-state index in [1.54, 1.807) is 35.1 Å². The molecule has 4 aromatic rings. The lowest BCUT2D eigenvalue weighted by molar-refractivity contribution is 0.391. The first kappa shape index (κ1) is 18.6. The Morgan fingerprint density at radius 1 is 1.10 bits per heavy atom. The van der Waals surface area contributed by atoms with Crippen molar-refractivity contribution in [3.63, 3.8) is 0 Å². The van der Waals surface area contributed by atoms with E-state index in [1.807, 2.05) is 13.8 Å². The van der Waals surface area contributed by atoms with Gasteiger partial charge in [0.15, 0.2) is 0 Å². The zero-order chi connectivity index (χ0) is 20.5. The monoisotopic (exact) mass is 395 g/mol. The van der Waals surface area contributed by atoms with Crippen LogP contribution in [0.4, 0.5) is 0 Å². The summed E-state index contributed by atoms with van der Waals surface area (Å²) in [5, 5.41) is 27.9. The van der Waals surface area contributed by atoms with Gasteiger partial charge in [-0.15, -0.1) is 0 Å². The quantitative estimate of drug-likeness (QED) is 0.517. The van der Waals surface area contributed by atoms with Crippen LogP contribution in [0, 0.1) is 13.8 Å². The fraction of sp³-hybridized carbons (Fsp3) is 0.250. The van der Waals surface area contributed by atoms with Crippen LogP contribution in [-0.2, 0) is 19.5 Å². The van der Waals surface area contributed by atoms with Crippen LogP contribution in [0.15, 0.2) is 52.2 Å². The molecule has 0 fully saturated rings. The van der Waals surface area contributed by atoms with Crippen LogP contribution in [0.3, 0.4) is 0 Å². The second-order valence-corrected chi connectivity index (χ2v) is 6.91. The Bertz CT molecular complexity index is 1180. The molecule has 1 aromatic carbocycles. The van der Waals surface area contributed by atoms with Gasteiger partial charge in [0.1, 0.15) is 11.5 Å². The SMILES string of the molecule is Cc1noc(C)c1Cn1cc(-n2c(O)cn(CCc3ccc(O)cc3)c2=O)cn1. The highest BCUT2D eigenvalue weighted by molar-refractivity contribution is 5.32. The zero-order valence-corrected chi connectivity index (χ0v) is 16.1. The summed E-state index contributed by atoms with van der Waals surface area (Å²) in [4.78, 5) is 12.8. The number of imidazole rings is 1. The predicted molar refractivity (Wildman–Crippen MR) is 104 cm³/mol. The second-order valence-electron chi connectivity index (χ2n) is 6.91. The van der Waals surface area contributed by atoms with E-state index in [-0.39, 0.29) is 17.3 Å². The van der Waals surface area contributed by atoms with Gasteiger partial charge in [-0.2, -0.15) is 5.10 Å². The Labute approximate surface area is 166 Å². The number of aromatic nitrogens is 5. The van der Waals surface area contributed by atoms with Gasteiger partial charge in [-0.1, -0.05) is 17.3 Å². The molecule has 0 amide bonds. The van der Waals surface area contributed by atoms with Crippen molar-refractivity contribution in [3.05, 3.63) is 75.9 Å². The molecule has 0 aliphatic rings. The van der Waals surface area contributed by atoms with Crippen LogP contribution in [-0.4, -0.2) is 34.3 Å². The average molecular weight is 395 g/mol. The molecular formula is C20H21N5O4. The van der Waals surface area contributed by atoms with Crippen molar-refractivity contribution in [3.8, 4) is 17.3 Å². The largest absolute Gasteiger partial charge is 0.508 e. The van der Waals surface area contributed by atoms with Gasteiger partial charge in [-0.3, -0.25) is 9.25 Å². The number of aryl methyl sites for hydroxylation is 4. The number of aromatic hydroxyl groups is 2. The second kappa shape index (κ2) is 7.34. The molecule has 0 atom stereocenters. The topological polar surface area (TPSA) is 111 Å². The van der Waals surface area contributed by atoms with Gasteiger partial charge in [0.2, 0.25) is 5.88 Å². The zero-order valence-electron chi connectivity index (χ0n) is 16.1. The Morgan fingerprint density at radius 3 is 2.55 bits per heavy atom. The minimum atomic E-state index is -0.349. The van der Waals surface area contributed by atoms with Gasteiger partial charge in [-0.25, -0.2) is 9.36 Å². The van der Waals surface area contributed by atoms with Crippen LogP contribution < -0.4 is 5.69 Å². The average Bonchev–Trinajstić information content (AvgIpc) is 3.36. The first-order valence-corrected chi connectivity index (χ1v) is 9.16. The lowest BCUT2D eigenvalue weighted by atomic mass is 10.1. The van der Waals surface area contributed by atoms with Crippen molar-refractivity contribution < 1.29 is 14.7 Å². The molecule has 3 heterocycles. The third kappa shape index (κ3) is 3.66. The number of nitrogens with zero attached hydrogens (tertiary/aromatic N) is 5. The lowest BCUT2D eigenvalue weighted by Crippen LogP contribution is -2.23. The van der Waals surface area contributed by atoms with Crippen molar-refractivity contribution in [2.24, 2.45) is 0 Å². The van der Waals surface area contributed by atoms with Crippen molar-refractivity contribution in [2.45, 2.75) is 33.4 Å². The maximum Gasteiger partial charge on any atom is 0.335 e. The highest BCUT2D eigenvalue weighted by atomic mass is 16.5. The van der Waals surface area contributed by atoms with Crippen molar-refractivity contribution in [1.82, 2.24) is 24.1 Å². The first-order chi connectivity index (χ1) is 13.9. The van der Waals surface area contributed by atoms with E-state index in [1.165, 1.54) is 21.5 Å². The van der Waals surface area contributed by atoms with Gasteiger partial charge < -0.3 is 14.7 Å². The van der Waals surface area contributed by atoms with E-state index in [9.17, 15) is 15.0 Å². The molecule has 4 rings (SSSR count). The van der Waals surface area contributed by atoms with Crippen LogP contribution in [0.25, 0.3) is 5.69 Å². The number of benzene rings is 1. The third-order valence-corrected chi connectivity index (χ3v) is 4.89. The van der Waals surface area contributed by atoms with Gasteiger partial charge in [0.25, 0.3) is 0 Å². The molecule has 0 aliphatic heterocycles. The molecule has 0 saturated heterocycles. The van der Waals surface area contributed by atoms with Gasteiger partial charge in [-0.05, 0) is 38.0 Å². The van der Waals surface area contributed by atoms with Crippen LogP contribution in [0.1, 0.15) is 22.6 Å². The summed E-state index contributed by atoms with van der Waals surface area (Å²) in [5.41, 5.74) is 2.83. The van der Waals surface area contributed by atoms with Crippen LogP contribution in [0.2, 0.25) is 0 Å². The van der Waals surface area contributed by atoms with Gasteiger partial charge in [0, 0.05) is 18.3 Å².